The summed E-state index contributed by atoms with van der Waals surface area (Å²) in [5.74, 6) is 1.66. The molecule has 1 aromatic carbocycles. The second-order valence-electron chi connectivity index (χ2n) is 4.53. The van der Waals surface area contributed by atoms with Crippen LogP contribution in [0.3, 0.4) is 0 Å². The molecule has 15 heavy (non-hydrogen) atoms. The summed E-state index contributed by atoms with van der Waals surface area (Å²) in [6, 6.07) is 8.15. The lowest BCUT2D eigenvalue weighted by atomic mass is 10.0. The quantitative estimate of drug-likeness (QED) is 0.819. The Bertz CT molecular complexity index is 350. The number of benzene rings is 1. The molecule has 0 heterocycles. The van der Waals surface area contributed by atoms with Gasteiger partial charge in [-0.05, 0) is 30.4 Å². The van der Waals surface area contributed by atoms with Crippen LogP contribution in [-0.2, 0) is 6.42 Å². The van der Waals surface area contributed by atoms with Crippen LogP contribution in [0.5, 0.6) is 5.75 Å². The van der Waals surface area contributed by atoms with Crippen LogP contribution < -0.4 is 10.5 Å². The zero-order valence-electron chi connectivity index (χ0n) is 9.49. The summed E-state index contributed by atoms with van der Waals surface area (Å²) >= 11 is 0. The summed E-state index contributed by atoms with van der Waals surface area (Å²) in [5.41, 5.74) is 7.57. The van der Waals surface area contributed by atoms with Gasteiger partial charge in [0.15, 0.2) is 0 Å². The molecule has 0 amide bonds. The number of nitrogens with two attached hydrogens (primary N) is 1. The molecular formula is C13H19NO. The van der Waals surface area contributed by atoms with Gasteiger partial charge in [-0.15, -0.1) is 0 Å². The molecule has 82 valence electrons. The molecule has 0 aromatic heterocycles. The fourth-order valence-electron chi connectivity index (χ4n) is 2.37. The summed E-state index contributed by atoms with van der Waals surface area (Å²) in [5, 5.41) is 0. The number of ether oxygens (including phenoxy) is 1. The molecule has 1 aromatic rings. The van der Waals surface area contributed by atoms with Gasteiger partial charge >= 0.3 is 0 Å². The van der Waals surface area contributed by atoms with E-state index in [0.717, 1.165) is 18.6 Å². The van der Waals surface area contributed by atoms with Gasteiger partial charge in [0.25, 0.3) is 0 Å². The number of rotatable bonds is 4. The highest BCUT2D eigenvalue weighted by Gasteiger charge is 2.49. The van der Waals surface area contributed by atoms with Crippen LogP contribution in [0.25, 0.3) is 0 Å². The van der Waals surface area contributed by atoms with E-state index in [0.29, 0.717) is 5.92 Å². The van der Waals surface area contributed by atoms with Crippen molar-refractivity contribution in [1.82, 2.24) is 0 Å². The van der Waals surface area contributed by atoms with Crippen LogP contribution in [0.1, 0.15) is 25.3 Å². The lowest BCUT2D eigenvalue weighted by Gasteiger charge is -2.13. The van der Waals surface area contributed by atoms with Crippen molar-refractivity contribution in [1.29, 1.82) is 0 Å². The van der Waals surface area contributed by atoms with Crippen molar-refractivity contribution in [3.8, 4) is 5.75 Å². The standard InChI is InChI=1S/C13H19NO/c1-3-11-9-13(11,14)8-10-6-4-5-7-12(10)15-2/h4-7,11H,3,8-9,14H2,1-2H3. The highest BCUT2D eigenvalue weighted by atomic mass is 16.5. The van der Waals surface area contributed by atoms with Crippen molar-refractivity contribution in [2.75, 3.05) is 7.11 Å². The fourth-order valence-corrected chi connectivity index (χ4v) is 2.37. The molecule has 2 N–H and O–H groups in total. The number of para-hydroxylation sites is 1. The van der Waals surface area contributed by atoms with Crippen LogP contribution in [0.4, 0.5) is 0 Å². The zero-order valence-corrected chi connectivity index (χ0v) is 9.49. The van der Waals surface area contributed by atoms with Gasteiger partial charge in [-0.25, -0.2) is 0 Å². The molecule has 0 aliphatic heterocycles. The van der Waals surface area contributed by atoms with E-state index in [1.165, 1.54) is 12.0 Å². The lowest BCUT2D eigenvalue weighted by Crippen LogP contribution is -2.27. The summed E-state index contributed by atoms with van der Waals surface area (Å²) in [4.78, 5) is 0. The third-order valence-corrected chi connectivity index (χ3v) is 3.48. The Morgan fingerprint density at radius 2 is 2.20 bits per heavy atom. The van der Waals surface area contributed by atoms with Gasteiger partial charge in [0, 0.05) is 5.54 Å². The number of methoxy groups -OCH3 is 1. The molecule has 1 fully saturated rings. The SMILES string of the molecule is CCC1CC1(N)Cc1ccccc1OC. The van der Waals surface area contributed by atoms with Gasteiger partial charge in [-0.3, -0.25) is 0 Å². The third-order valence-electron chi connectivity index (χ3n) is 3.48. The maximum Gasteiger partial charge on any atom is 0.122 e. The monoisotopic (exact) mass is 205 g/mol. The molecule has 1 aliphatic rings. The predicted molar refractivity (Wildman–Crippen MR) is 62.0 cm³/mol. The number of hydrogen-bond acceptors (Lipinski definition) is 2. The molecule has 2 unspecified atom stereocenters. The van der Waals surface area contributed by atoms with E-state index in [1.807, 2.05) is 18.2 Å². The Balaban J connectivity index is 2.11. The van der Waals surface area contributed by atoms with E-state index < -0.39 is 0 Å². The van der Waals surface area contributed by atoms with Gasteiger partial charge < -0.3 is 10.5 Å². The average molecular weight is 205 g/mol. The molecule has 2 rings (SSSR count). The smallest absolute Gasteiger partial charge is 0.122 e. The molecule has 0 bridgehead atoms. The maximum atomic E-state index is 6.30. The average Bonchev–Trinajstić information content (AvgIpc) is 2.90. The van der Waals surface area contributed by atoms with Crippen LogP contribution in [0.2, 0.25) is 0 Å². The zero-order chi connectivity index (χ0) is 10.9. The topological polar surface area (TPSA) is 35.2 Å². The lowest BCUT2D eigenvalue weighted by molar-refractivity contribution is 0.406. The fraction of sp³-hybridized carbons (Fsp3) is 0.538. The predicted octanol–water partition coefficient (Wildman–Crippen LogP) is 2.37. The van der Waals surface area contributed by atoms with Gasteiger partial charge in [0.05, 0.1) is 7.11 Å². The Morgan fingerprint density at radius 3 is 2.80 bits per heavy atom. The first-order valence-corrected chi connectivity index (χ1v) is 5.60. The van der Waals surface area contributed by atoms with Crippen molar-refractivity contribution >= 4 is 0 Å². The summed E-state index contributed by atoms with van der Waals surface area (Å²) < 4.78 is 5.33. The van der Waals surface area contributed by atoms with Crippen LogP contribution in [-0.4, -0.2) is 12.6 Å². The first-order valence-electron chi connectivity index (χ1n) is 5.60. The number of hydrogen-bond donors (Lipinski definition) is 1. The van der Waals surface area contributed by atoms with Crippen molar-refractivity contribution in [3.05, 3.63) is 29.8 Å². The molecule has 0 radical (unpaired) electrons. The molecular weight excluding hydrogens is 186 g/mol. The van der Waals surface area contributed by atoms with Gasteiger partial charge in [-0.1, -0.05) is 31.5 Å². The van der Waals surface area contributed by atoms with Gasteiger partial charge in [0.2, 0.25) is 0 Å². The summed E-state index contributed by atoms with van der Waals surface area (Å²) in [6.45, 7) is 2.21. The van der Waals surface area contributed by atoms with E-state index in [9.17, 15) is 0 Å². The minimum atomic E-state index is 0.0311. The van der Waals surface area contributed by atoms with E-state index >= 15 is 0 Å². The maximum absolute atomic E-state index is 6.30. The first kappa shape index (κ1) is 10.5. The van der Waals surface area contributed by atoms with Crippen molar-refractivity contribution in [2.24, 2.45) is 11.7 Å². The highest BCUT2D eigenvalue weighted by Crippen LogP contribution is 2.46. The summed E-state index contributed by atoms with van der Waals surface area (Å²) in [6.07, 6.45) is 3.28. The first-order chi connectivity index (χ1) is 7.19. The van der Waals surface area contributed by atoms with E-state index in [1.54, 1.807) is 7.11 Å². The van der Waals surface area contributed by atoms with E-state index in [4.69, 9.17) is 10.5 Å². The Hall–Kier alpha value is -1.02. The Morgan fingerprint density at radius 1 is 1.47 bits per heavy atom. The Labute approximate surface area is 91.4 Å². The third kappa shape index (κ3) is 2.00. The van der Waals surface area contributed by atoms with Gasteiger partial charge in [-0.2, -0.15) is 0 Å². The second kappa shape index (κ2) is 3.86. The minimum absolute atomic E-state index is 0.0311. The largest absolute Gasteiger partial charge is 0.496 e. The van der Waals surface area contributed by atoms with Crippen LogP contribution in [0.15, 0.2) is 24.3 Å². The molecule has 0 spiro atoms. The Kier molecular flexibility index (Phi) is 2.70. The minimum Gasteiger partial charge on any atom is -0.496 e. The summed E-state index contributed by atoms with van der Waals surface area (Å²) in [7, 11) is 1.71. The highest BCUT2D eigenvalue weighted by molar-refractivity contribution is 5.36. The van der Waals surface area contributed by atoms with Gasteiger partial charge in [0.1, 0.15) is 5.75 Å². The van der Waals surface area contributed by atoms with E-state index in [-0.39, 0.29) is 5.54 Å². The molecule has 2 heteroatoms. The molecule has 2 nitrogen and oxygen atoms in total. The van der Waals surface area contributed by atoms with Crippen molar-refractivity contribution in [3.63, 3.8) is 0 Å². The molecule has 1 aliphatic carbocycles. The van der Waals surface area contributed by atoms with Crippen LogP contribution in [0, 0.1) is 5.92 Å². The molecule has 1 saturated carbocycles. The molecule has 2 atom stereocenters. The molecule has 0 saturated heterocycles. The van der Waals surface area contributed by atoms with Crippen LogP contribution >= 0.6 is 0 Å². The second-order valence-corrected chi connectivity index (χ2v) is 4.53. The van der Waals surface area contributed by atoms with E-state index in [2.05, 4.69) is 13.0 Å². The van der Waals surface area contributed by atoms with Crippen molar-refractivity contribution < 1.29 is 4.74 Å². The van der Waals surface area contributed by atoms with Crippen molar-refractivity contribution in [2.45, 2.75) is 31.7 Å². The normalized spacial score (nSPS) is 28.9.